The summed E-state index contributed by atoms with van der Waals surface area (Å²) in [4.78, 5) is 69.3. The van der Waals surface area contributed by atoms with Crippen LogP contribution in [0.25, 0.3) is 11.1 Å². The Balaban J connectivity index is 0.915. The number of piperidine rings is 2. The molecule has 0 radical (unpaired) electrons. The normalized spacial score (nSPS) is 24.0. The number of rotatable bonds is 7. The van der Waals surface area contributed by atoms with Crippen molar-refractivity contribution in [2.24, 2.45) is 5.92 Å². The molecule has 4 aliphatic heterocycles. The molecule has 0 spiro atoms. The van der Waals surface area contributed by atoms with Crippen LogP contribution in [0.15, 0.2) is 42.7 Å². The zero-order valence-electron chi connectivity index (χ0n) is 28.8. The fourth-order valence-electron chi connectivity index (χ4n) is 8.41. The Hall–Kier alpha value is -5.00. The third-order valence-corrected chi connectivity index (χ3v) is 11.8. The third-order valence-electron chi connectivity index (χ3n) is 11.8. The van der Waals surface area contributed by atoms with Crippen LogP contribution in [0.1, 0.15) is 103 Å². The molecule has 12 heteroatoms. The third kappa shape index (κ3) is 5.50. The first-order chi connectivity index (χ1) is 24.7. The second kappa shape index (κ2) is 12.3. The van der Waals surface area contributed by atoms with E-state index in [-0.39, 0.29) is 48.4 Å². The van der Waals surface area contributed by atoms with Crippen molar-refractivity contribution in [1.29, 1.82) is 0 Å². The molecule has 1 N–H and O–H groups in total. The van der Waals surface area contributed by atoms with E-state index in [1.807, 2.05) is 17.2 Å². The molecular weight excluding hydrogens is 648 g/mol. The minimum absolute atomic E-state index is 0.0884. The Labute approximate surface area is 296 Å². The summed E-state index contributed by atoms with van der Waals surface area (Å²) in [7, 11) is 0. The predicted octanol–water partition coefficient (Wildman–Crippen LogP) is 4.80. The van der Waals surface area contributed by atoms with Gasteiger partial charge in [0.15, 0.2) is 0 Å². The summed E-state index contributed by atoms with van der Waals surface area (Å²) in [6.45, 7) is 3.65. The average Bonchev–Trinajstić information content (AvgIpc) is 3.80. The number of aromatic nitrogens is 2. The largest absolute Gasteiger partial charge is 0.489 e. The number of ether oxygens (including phenoxy) is 1. The summed E-state index contributed by atoms with van der Waals surface area (Å²) in [5, 5.41) is 7.08. The first-order valence-electron chi connectivity index (χ1n) is 18.6. The summed E-state index contributed by atoms with van der Waals surface area (Å²) in [5.41, 5.74) is 5.62. The number of imide groups is 2. The highest BCUT2D eigenvalue weighted by Gasteiger charge is 2.45. The average molecular weight is 691 g/mol. The van der Waals surface area contributed by atoms with Gasteiger partial charge in [-0.2, -0.15) is 5.10 Å². The van der Waals surface area contributed by atoms with E-state index < -0.39 is 29.7 Å². The van der Waals surface area contributed by atoms with Crippen molar-refractivity contribution in [3.8, 4) is 16.9 Å². The highest BCUT2D eigenvalue weighted by Crippen LogP contribution is 2.46. The van der Waals surface area contributed by atoms with Crippen LogP contribution in [0, 0.1) is 5.92 Å². The number of hydrogen-bond acceptors (Lipinski definition) is 8. The molecule has 2 saturated heterocycles. The van der Waals surface area contributed by atoms with Crippen LogP contribution in [0.5, 0.6) is 5.75 Å². The minimum atomic E-state index is -0.981. The number of fused-ring (bicyclic) bond motifs is 2. The second-order valence-corrected chi connectivity index (χ2v) is 15.1. The Morgan fingerprint density at radius 3 is 2.35 bits per heavy atom. The molecule has 264 valence electrons. The number of nitrogens with one attached hydrogen (secondary N) is 1. The van der Waals surface area contributed by atoms with Crippen molar-refractivity contribution >= 4 is 40.9 Å². The smallest absolute Gasteiger partial charge is 0.262 e. The number of anilines is 2. The summed E-state index contributed by atoms with van der Waals surface area (Å²) < 4.78 is 8.79. The molecule has 2 aromatic carbocycles. The van der Waals surface area contributed by atoms with E-state index >= 15 is 0 Å². The van der Waals surface area contributed by atoms with Gasteiger partial charge in [-0.05, 0) is 101 Å². The van der Waals surface area contributed by atoms with Gasteiger partial charge in [-0.3, -0.25) is 38.9 Å². The maximum Gasteiger partial charge on any atom is 0.262 e. The molecule has 9 rings (SSSR count). The first kappa shape index (κ1) is 31.9. The molecule has 2 aliphatic carbocycles. The molecule has 1 unspecified atom stereocenters. The van der Waals surface area contributed by atoms with Crippen LogP contribution in [0.4, 0.5) is 11.4 Å². The fourth-order valence-corrected chi connectivity index (χ4v) is 8.41. The molecule has 1 aromatic heterocycles. The highest BCUT2D eigenvalue weighted by molar-refractivity contribution is 6.23. The maximum absolute atomic E-state index is 13.4. The monoisotopic (exact) mass is 690 g/mol. The molecule has 4 fully saturated rings. The molecule has 0 bridgehead atoms. The van der Waals surface area contributed by atoms with Gasteiger partial charge in [-0.25, -0.2) is 0 Å². The molecule has 12 nitrogen and oxygen atoms in total. The van der Waals surface area contributed by atoms with Crippen molar-refractivity contribution in [2.45, 2.75) is 102 Å². The fraction of sp³-hybridized carbons (Fsp3) is 0.487. The van der Waals surface area contributed by atoms with E-state index in [0.29, 0.717) is 5.56 Å². The van der Waals surface area contributed by atoms with Crippen LogP contribution in [-0.4, -0.2) is 75.5 Å². The van der Waals surface area contributed by atoms with Crippen molar-refractivity contribution in [3.05, 3.63) is 59.4 Å². The molecular formula is C39H42N6O6. The van der Waals surface area contributed by atoms with Crippen LogP contribution in [0.2, 0.25) is 0 Å². The van der Waals surface area contributed by atoms with Crippen LogP contribution in [0.3, 0.4) is 0 Å². The van der Waals surface area contributed by atoms with Gasteiger partial charge in [0.1, 0.15) is 11.8 Å². The summed E-state index contributed by atoms with van der Waals surface area (Å²) in [5.74, 6) is -0.682. The predicted molar refractivity (Wildman–Crippen MR) is 188 cm³/mol. The van der Waals surface area contributed by atoms with Gasteiger partial charge < -0.3 is 14.5 Å². The lowest BCUT2D eigenvalue weighted by molar-refractivity contribution is -0.136. The second-order valence-electron chi connectivity index (χ2n) is 15.1. The number of benzene rings is 2. The van der Waals surface area contributed by atoms with Crippen LogP contribution in [-0.2, 0) is 20.8 Å². The van der Waals surface area contributed by atoms with E-state index in [1.165, 1.54) is 6.42 Å². The minimum Gasteiger partial charge on any atom is -0.489 e. The zero-order valence-corrected chi connectivity index (χ0v) is 28.8. The van der Waals surface area contributed by atoms with E-state index in [0.717, 1.165) is 103 Å². The number of nitrogens with zero attached hydrogens (tertiary/aromatic N) is 5. The number of amides is 5. The van der Waals surface area contributed by atoms with Gasteiger partial charge in [-0.1, -0.05) is 0 Å². The van der Waals surface area contributed by atoms with Crippen LogP contribution >= 0.6 is 0 Å². The quantitative estimate of drug-likeness (QED) is 0.350. The molecule has 2 saturated carbocycles. The Bertz CT molecular complexity index is 1970. The lowest BCUT2D eigenvalue weighted by atomic mass is 9.91. The van der Waals surface area contributed by atoms with Gasteiger partial charge in [0.25, 0.3) is 11.8 Å². The van der Waals surface area contributed by atoms with Gasteiger partial charge >= 0.3 is 0 Å². The van der Waals surface area contributed by atoms with Gasteiger partial charge in [-0.15, -0.1) is 0 Å². The van der Waals surface area contributed by atoms with E-state index in [4.69, 9.17) is 9.84 Å². The Morgan fingerprint density at radius 1 is 0.863 bits per heavy atom. The molecule has 2 atom stereocenters. The van der Waals surface area contributed by atoms with Gasteiger partial charge in [0.2, 0.25) is 17.7 Å². The van der Waals surface area contributed by atoms with Crippen LogP contribution < -0.4 is 19.9 Å². The molecule has 51 heavy (non-hydrogen) atoms. The molecule has 5 heterocycles. The highest BCUT2D eigenvalue weighted by atomic mass is 16.5. The van der Waals surface area contributed by atoms with E-state index in [2.05, 4.69) is 40.2 Å². The van der Waals surface area contributed by atoms with Gasteiger partial charge in [0.05, 0.1) is 35.2 Å². The van der Waals surface area contributed by atoms with E-state index in [9.17, 15) is 24.0 Å². The van der Waals surface area contributed by atoms with Crippen molar-refractivity contribution < 1.29 is 28.7 Å². The molecule has 3 aromatic rings. The molecule has 5 amide bonds. The lowest BCUT2D eigenvalue weighted by Gasteiger charge is -2.38. The number of carbonyl (C=O) groups excluding carboxylic acids is 5. The summed E-state index contributed by atoms with van der Waals surface area (Å²) in [6, 6.07) is 8.91. The first-order valence-corrected chi connectivity index (χ1v) is 18.6. The standard InChI is InChI=1S/C39H42N6O6/c1-22-5-9-30-32(44(22)37(48)23-6-7-23)12-11-28(35(30)51-27-3-2-4-27)24-20-40-43(21-24)25-15-17-42(18-16-25)26-8-10-29-31(19-26)39(50)45(38(29)49)33-13-14-34(46)41-36(33)47/h8,10-12,19-23,25,27,33H,2-7,9,13-18H2,1H3,(H,41,46,47)/t22-,33?/m0/s1. The lowest BCUT2D eigenvalue weighted by Crippen LogP contribution is -2.54. The number of carbonyl (C=O) groups is 5. The van der Waals surface area contributed by atoms with E-state index in [1.54, 1.807) is 12.1 Å². The summed E-state index contributed by atoms with van der Waals surface area (Å²) in [6.07, 6.45) is 13.2. The van der Waals surface area contributed by atoms with Gasteiger partial charge in [0, 0.05) is 60.0 Å². The topological polar surface area (TPSA) is 134 Å². The summed E-state index contributed by atoms with van der Waals surface area (Å²) >= 11 is 0. The SMILES string of the molecule is C[C@H]1CCc2c(ccc(-c3cnn(C4CCN(c5ccc6c(c5)C(=O)N(C5CCC(=O)NC5=O)C6=O)CC4)c3)c2OC2CCC2)N1C(=O)C1CC1. The zero-order chi connectivity index (χ0) is 35.0. The Morgan fingerprint density at radius 2 is 1.63 bits per heavy atom. The van der Waals surface area contributed by atoms with Crippen molar-refractivity contribution in [1.82, 2.24) is 20.0 Å². The molecule has 6 aliphatic rings. The number of hydrogen-bond donors (Lipinski definition) is 1. The maximum atomic E-state index is 13.4. The Kier molecular flexibility index (Phi) is 7.73. The van der Waals surface area contributed by atoms with Crippen molar-refractivity contribution in [3.63, 3.8) is 0 Å². The van der Waals surface area contributed by atoms with Crippen molar-refractivity contribution in [2.75, 3.05) is 22.9 Å².